The number of urea groups is 1. The topological polar surface area (TPSA) is 38.8 Å². The fourth-order valence-electron chi connectivity index (χ4n) is 1.79. The molecule has 5 heteroatoms. The van der Waals surface area contributed by atoms with Crippen LogP contribution in [0, 0.1) is 0 Å². The van der Waals surface area contributed by atoms with E-state index in [1.165, 1.54) is 0 Å². The Morgan fingerprint density at radius 3 is 2.62 bits per heavy atom. The molecule has 0 spiro atoms. The zero-order chi connectivity index (χ0) is 12.1. The van der Waals surface area contributed by atoms with Crippen molar-refractivity contribution in [3.05, 3.63) is 0 Å². The van der Waals surface area contributed by atoms with Crippen molar-refractivity contribution in [2.24, 2.45) is 0 Å². The fraction of sp³-hybridized carbons (Fsp3) is 0.909. The predicted molar refractivity (Wildman–Crippen MR) is 65.6 cm³/mol. The smallest absolute Gasteiger partial charge is 0.320 e. The van der Waals surface area contributed by atoms with Gasteiger partial charge in [0.05, 0.1) is 0 Å². The molecule has 0 aromatic heterocycles. The number of hydrogen-bond acceptors (Lipinski definition) is 3. The third kappa shape index (κ3) is 3.64. The molecule has 0 aliphatic carbocycles. The second-order valence-corrected chi connectivity index (χ2v) is 4.75. The summed E-state index contributed by atoms with van der Waals surface area (Å²) < 4.78 is 0. The molecule has 1 rings (SSSR count). The summed E-state index contributed by atoms with van der Waals surface area (Å²) in [6.45, 7) is 6.38. The minimum Gasteiger partial charge on any atom is -0.326 e. The lowest BCUT2D eigenvalue weighted by Gasteiger charge is -2.36. The van der Waals surface area contributed by atoms with E-state index in [0.29, 0.717) is 6.04 Å². The first-order valence-corrected chi connectivity index (χ1v) is 5.89. The molecule has 0 aromatic carbocycles. The van der Waals surface area contributed by atoms with Gasteiger partial charge in [-0.05, 0) is 21.0 Å². The highest BCUT2D eigenvalue weighted by Gasteiger charge is 2.25. The average molecular weight is 228 g/mol. The Morgan fingerprint density at radius 1 is 1.38 bits per heavy atom. The van der Waals surface area contributed by atoms with E-state index in [9.17, 15) is 4.79 Å². The standard InChI is InChI=1S/C11H24N4O/c1-10-9-12-5-6-15(10)11(16)14(4)8-7-13(2)3/h10,12H,5-9H2,1-4H3/t10-/m0/s1. The molecule has 1 atom stereocenters. The molecule has 1 aliphatic rings. The number of piperazine rings is 1. The van der Waals surface area contributed by atoms with Crippen molar-refractivity contribution in [2.45, 2.75) is 13.0 Å². The highest BCUT2D eigenvalue weighted by Crippen LogP contribution is 2.05. The van der Waals surface area contributed by atoms with Crippen molar-refractivity contribution in [3.63, 3.8) is 0 Å². The second-order valence-electron chi connectivity index (χ2n) is 4.75. The molecule has 0 saturated carbocycles. The Hall–Kier alpha value is -0.810. The van der Waals surface area contributed by atoms with Gasteiger partial charge >= 0.3 is 6.03 Å². The first kappa shape index (κ1) is 13.3. The SMILES string of the molecule is C[C@H]1CNCCN1C(=O)N(C)CCN(C)C. The lowest BCUT2D eigenvalue weighted by molar-refractivity contribution is 0.131. The number of rotatable bonds is 3. The number of likely N-dealkylation sites (N-methyl/N-ethyl adjacent to an activating group) is 2. The van der Waals surface area contributed by atoms with E-state index in [-0.39, 0.29) is 6.03 Å². The molecule has 1 fully saturated rings. The number of carbonyl (C=O) groups excluding carboxylic acids is 1. The van der Waals surface area contributed by atoms with Crippen LogP contribution in [0.2, 0.25) is 0 Å². The molecule has 1 heterocycles. The van der Waals surface area contributed by atoms with Crippen LogP contribution in [-0.2, 0) is 0 Å². The third-order valence-electron chi connectivity index (χ3n) is 2.96. The largest absolute Gasteiger partial charge is 0.326 e. The van der Waals surface area contributed by atoms with Gasteiger partial charge in [0.15, 0.2) is 0 Å². The van der Waals surface area contributed by atoms with Crippen LogP contribution in [0.25, 0.3) is 0 Å². The first-order valence-electron chi connectivity index (χ1n) is 5.89. The van der Waals surface area contributed by atoms with E-state index in [1.54, 1.807) is 0 Å². The Balaban J connectivity index is 2.42. The van der Waals surface area contributed by atoms with Gasteiger partial charge in [-0.3, -0.25) is 0 Å². The van der Waals surface area contributed by atoms with Gasteiger partial charge in [0.2, 0.25) is 0 Å². The molecule has 5 nitrogen and oxygen atoms in total. The zero-order valence-corrected chi connectivity index (χ0v) is 10.9. The van der Waals surface area contributed by atoms with Gasteiger partial charge in [-0.15, -0.1) is 0 Å². The van der Waals surface area contributed by atoms with Crippen molar-refractivity contribution in [2.75, 3.05) is 53.9 Å². The Kier molecular flexibility index (Phi) is 5.02. The van der Waals surface area contributed by atoms with Crippen molar-refractivity contribution in [3.8, 4) is 0 Å². The Labute approximate surface area is 98.4 Å². The summed E-state index contributed by atoms with van der Waals surface area (Å²) in [5.41, 5.74) is 0. The maximum Gasteiger partial charge on any atom is 0.320 e. The van der Waals surface area contributed by atoms with E-state index in [4.69, 9.17) is 0 Å². The highest BCUT2D eigenvalue weighted by atomic mass is 16.2. The monoisotopic (exact) mass is 228 g/mol. The van der Waals surface area contributed by atoms with Crippen molar-refractivity contribution in [1.82, 2.24) is 20.0 Å². The van der Waals surface area contributed by atoms with Crippen LogP contribution >= 0.6 is 0 Å². The van der Waals surface area contributed by atoms with Gasteiger partial charge in [0, 0.05) is 45.8 Å². The Bertz CT molecular complexity index is 232. The minimum absolute atomic E-state index is 0.149. The highest BCUT2D eigenvalue weighted by molar-refractivity contribution is 5.74. The molecule has 0 unspecified atom stereocenters. The van der Waals surface area contributed by atoms with Crippen LogP contribution in [0.1, 0.15) is 6.92 Å². The van der Waals surface area contributed by atoms with Crippen LogP contribution in [0.3, 0.4) is 0 Å². The summed E-state index contributed by atoms with van der Waals surface area (Å²) >= 11 is 0. The third-order valence-corrected chi connectivity index (χ3v) is 2.96. The van der Waals surface area contributed by atoms with Gasteiger partial charge in [-0.1, -0.05) is 0 Å². The summed E-state index contributed by atoms with van der Waals surface area (Å²) in [7, 11) is 5.91. The second kappa shape index (κ2) is 6.06. The fourth-order valence-corrected chi connectivity index (χ4v) is 1.79. The first-order chi connectivity index (χ1) is 7.52. The van der Waals surface area contributed by atoms with Crippen LogP contribution in [-0.4, -0.2) is 80.6 Å². The predicted octanol–water partition coefficient (Wildman–Crippen LogP) is -0.106. The molecule has 0 radical (unpaired) electrons. The lowest BCUT2D eigenvalue weighted by Crippen LogP contribution is -2.55. The normalized spacial score (nSPS) is 21.3. The molecule has 1 saturated heterocycles. The van der Waals surface area contributed by atoms with Gasteiger partial charge < -0.3 is 20.0 Å². The summed E-state index contributed by atoms with van der Waals surface area (Å²) in [5, 5.41) is 3.29. The van der Waals surface area contributed by atoms with E-state index < -0.39 is 0 Å². The molecule has 0 bridgehead atoms. The molecule has 0 aromatic rings. The lowest BCUT2D eigenvalue weighted by atomic mass is 10.2. The van der Waals surface area contributed by atoms with Gasteiger partial charge in [-0.2, -0.15) is 0 Å². The van der Waals surface area contributed by atoms with Crippen LogP contribution < -0.4 is 5.32 Å². The van der Waals surface area contributed by atoms with Crippen LogP contribution in [0.5, 0.6) is 0 Å². The van der Waals surface area contributed by atoms with Gasteiger partial charge in [0.1, 0.15) is 0 Å². The number of nitrogens with zero attached hydrogens (tertiary/aromatic N) is 3. The summed E-state index contributed by atoms with van der Waals surface area (Å²) in [5.74, 6) is 0. The van der Waals surface area contributed by atoms with E-state index in [0.717, 1.165) is 32.7 Å². The summed E-state index contributed by atoms with van der Waals surface area (Å²) in [6.07, 6.45) is 0. The molecule has 2 amide bonds. The Morgan fingerprint density at radius 2 is 2.06 bits per heavy atom. The maximum atomic E-state index is 12.1. The van der Waals surface area contributed by atoms with Crippen molar-refractivity contribution in [1.29, 1.82) is 0 Å². The van der Waals surface area contributed by atoms with E-state index in [2.05, 4.69) is 17.1 Å². The number of nitrogens with one attached hydrogen (secondary N) is 1. The van der Waals surface area contributed by atoms with Gasteiger partial charge in [-0.25, -0.2) is 4.79 Å². The molecular weight excluding hydrogens is 204 g/mol. The summed E-state index contributed by atoms with van der Waals surface area (Å²) in [6, 6.07) is 0.443. The number of amides is 2. The van der Waals surface area contributed by atoms with Crippen molar-refractivity contribution >= 4 is 6.03 Å². The summed E-state index contributed by atoms with van der Waals surface area (Å²) in [4.78, 5) is 18.0. The molecule has 1 N–H and O–H groups in total. The van der Waals surface area contributed by atoms with E-state index in [1.807, 2.05) is 30.9 Å². The van der Waals surface area contributed by atoms with Crippen molar-refractivity contribution < 1.29 is 4.79 Å². The molecule has 1 aliphatic heterocycles. The van der Waals surface area contributed by atoms with Crippen LogP contribution in [0.15, 0.2) is 0 Å². The quantitative estimate of drug-likeness (QED) is 0.733. The van der Waals surface area contributed by atoms with Crippen LogP contribution in [0.4, 0.5) is 4.79 Å². The zero-order valence-electron chi connectivity index (χ0n) is 10.9. The molecule has 94 valence electrons. The average Bonchev–Trinajstić information content (AvgIpc) is 2.25. The number of carbonyl (C=O) groups is 1. The van der Waals surface area contributed by atoms with E-state index >= 15 is 0 Å². The number of hydrogen-bond donors (Lipinski definition) is 1. The maximum absolute atomic E-state index is 12.1. The minimum atomic E-state index is 0.149. The molecule has 16 heavy (non-hydrogen) atoms. The molecular formula is C11H24N4O. The van der Waals surface area contributed by atoms with Gasteiger partial charge in [0.25, 0.3) is 0 Å².